The Hall–Kier alpha value is -1.28. The van der Waals surface area contributed by atoms with Crippen molar-refractivity contribution in [3.63, 3.8) is 0 Å². The topological polar surface area (TPSA) is 98.0 Å². The number of aromatic nitrogens is 2. The predicted octanol–water partition coefficient (Wildman–Crippen LogP) is 2.82. The highest BCUT2D eigenvalue weighted by Gasteiger charge is 2.23. The molecule has 10 heteroatoms. The minimum atomic E-state index is -4.06. The Morgan fingerprint density at radius 3 is 2.50 bits per heavy atom. The number of sulfonamides is 1. The summed E-state index contributed by atoms with van der Waals surface area (Å²) in [6.45, 7) is 0. The van der Waals surface area contributed by atoms with Crippen molar-refractivity contribution in [3.05, 3.63) is 39.6 Å². The fourth-order valence-electron chi connectivity index (χ4n) is 1.42. The lowest BCUT2D eigenvalue weighted by atomic mass is 10.3. The number of benzene rings is 1. The van der Waals surface area contributed by atoms with E-state index in [1.165, 1.54) is 24.4 Å². The normalized spacial score (nSPS) is 11.3. The summed E-state index contributed by atoms with van der Waals surface area (Å²) in [5, 5.41) is 0.211. The Kier molecular flexibility index (Phi) is 4.24. The van der Waals surface area contributed by atoms with Crippen molar-refractivity contribution in [2.24, 2.45) is 0 Å². The molecule has 1 aromatic heterocycles. The van der Waals surface area contributed by atoms with E-state index in [0.717, 1.165) is 0 Å². The van der Waals surface area contributed by atoms with Crippen LogP contribution in [0.25, 0.3) is 0 Å². The van der Waals surface area contributed by atoms with Crippen molar-refractivity contribution in [2.75, 3.05) is 10.5 Å². The van der Waals surface area contributed by atoms with Crippen LogP contribution in [0.5, 0.6) is 0 Å². The van der Waals surface area contributed by atoms with Gasteiger partial charge in [-0.2, -0.15) is 0 Å². The molecule has 0 bridgehead atoms. The quantitative estimate of drug-likeness (QED) is 0.653. The van der Waals surface area contributed by atoms with Gasteiger partial charge < -0.3 is 5.73 Å². The van der Waals surface area contributed by atoms with Crippen LogP contribution < -0.4 is 10.5 Å². The second kappa shape index (κ2) is 5.61. The van der Waals surface area contributed by atoms with Crippen molar-refractivity contribution in [3.8, 4) is 0 Å². The van der Waals surface area contributed by atoms with E-state index in [-0.39, 0.29) is 31.7 Å². The molecule has 0 unspecified atom stereocenters. The van der Waals surface area contributed by atoms with Crippen LogP contribution in [-0.2, 0) is 10.0 Å². The largest absolute Gasteiger partial charge is 0.398 e. The zero-order valence-electron chi connectivity index (χ0n) is 9.64. The number of hydrogen-bond donors (Lipinski definition) is 2. The highest BCUT2D eigenvalue weighted by Crippen LogP contribution is 2.31. The molecule has 0 saturated carbocycles. The summed E-state index contributed by atoms with van der Waals surface area (Å²) in [5.74, 6) is -0.192. The first-order valence-electron chi connectivity index (χ1n) is 5.05. The average Bonchev–Trinajstić information content (AvgIpc) is 2.25. The van der Waals surface area contributed by atoms with Gasteiger partial charge in [-0.3, -0.25) is 0 Å². The number of nitrogens with one attached hydrogen (secondary N) is 1. The third-order valence-corrected chi connectivity index (χ3v) is 4.44. The number of nitrogens with two attached hydrogens (primary N) is 1. The number of anilines is 2. The van der Waals surface area contributed by atoms with Gasteiger partial charge in [0.15, 0.2) is 0 Å². The summed E-state index contributed by atoms with van der Waals surface area (Å²) < 4.78 is 26.6. The predicted molar refractivity (Wildman–Crippen MR) is 78.7 cm³/mol. The van der Waals surface area contributed by atoms with E-state index in [2.05, 4.69) is 14.7 Å². The minimum Gasteiger partial charge on any atom is -0.398 e. The average molecular weight is 354 g/mol. The van der Waals surface area contributed by atoms with Crippen LogP contribution in [-0.4, -0.2) is 18.4 Å². The lowest BCUT2D eigenvalue weighted by molar-refractivity contribution is 0.601. The van der Waals surface area contributed by atoms with Gasteiger partial charge in [0.05, 0.1) is 10.7 Å². The van der Waals surface area contributed by atoms with Gasteiger partial charge in [0, 0.05) is 11.2 Å². The molecule has 0 saturated heterocycles. The molecule has 0 aliphatic rings. The van der Waals surface area contributed by atoms with Gasteiger partial charge in [-0.05, 0) is 18.2 Å². The van der Waals surface area contributed by atoms with Crippen molar-refractivity contribution in [2.45, 2.75) is 4.90 Å². The smallest absolute Gasteiger partial charge is 0.267 e. The minimum absolute atomic E-state index is 0.0861. The van der Waals surface area contributed by atoms with Gasteiger partial charge in [-0.15, -0.1) is 0 Å². The van der Waals surface area contributed by atoms with E-state index in [0.29, 0.717) is 0 Å². The molecule has 0 atom stereocenters. The van der Waals surface area contributed by atoms with Gasteiger partial charge >= 0.3 is 0 Å². The highest BCUT2D eigenvalue weighted by molar-refractivity contribution is 7.93. The Morgan fingerprint density at radius 2 is 1.90 bits per heavy atom. The monoisotopic (exact) mass is 352 g/mol. The molecule has 0 aliphatic heterocycles. The molecule has 0 radical (unpaired) electrons. The van der Waals surface area contributed by atoms with E-state index in [1.807, 2.05) is 0 Å². The third kappa shape index (κ3) is 3.24. The summed E-state index contributed by atoms with van der Waals surface area (Å²) in [4.78, 5) is 7.15. The standard InChI is InChI=1S/C10H7Cl3N4O2S/c11-5-3-6(12)9(7(14)4-5)20(18,19)17-10-15-2-1-8(13)16-10/h1-4H,14H2,(H,15,16,17). The molecule has 0 aliphatic carbocycles. The highest BCUT2D eigenvalue weighted by atomic mass is 35.5. The van der Waals surface area contributed by atoms with Crippen LogP contribution >= 0.6 is 34.8 Å². The van der Waals surface area contributed by atoms with E-state index >= 15 is 0 Å². The maximum absolute atomic E-state index is 12.2. The molecule has 6 nitrogen and oxygen atoms in total. The number of halogens is 3. The van der Waals surface area contributed by atoms with Crippen LogP contribution in [0.3, 0.4) is 0 Å². The molecule has 2 rings (SSSR count). The number of rotatable bonds is 3. The first kappa shape index (κ1) is 15.1. The molecular formula is C10H7Cl3N4O2S. The summed E-state index contributed by atoms with van der Waals surface area (Å²) >= 11 is 17.2. The molecular weight excluding hydrogens is 347 g/mol. The van der Waals surface area contributed by atoms with Crippen molar-refractivity contribution in [1.29, 1.82) is 0 Å². The second-order valence-electron chi connectivity index (χ2n) is 3.61. The van der Waals surface area contributed by atoms with E-state index in [1.54, 1.807) is 0 Å². The van der Waals surface area contributed by atoms with Crippen LogP contribution in [0, 0.1) is 0 Å². The lowest BCUT2D eigenvalue weighted by Crippen LogP contribution is -2.17. The Morgan fingerprint density at radius 1 is 1.20 bits per heavy atom. The number of nitrogens with zero attached hydrogens (tertiary/aromatic N) is 2. The maximum Gasteiger partial charge on any atom is 0.267 e. The fraction of sp³-hybridized carbons (Fsp3) is 0. The molecule has 20 heavy (non-hydrogen) atoms. The van der Waals surface area contributed by atoms with Gasteiger partial charge in [0.1, 0.15) is 10.0 Å². The summed E-state index contributed by atoms with van der Waals surface area (Å²) in [6, 6.07) is 3.96. The van der Waals surface area contributed by atoms with Crippen molar-refractivity contribution in [1.82, 2.24) is 9.97 Å². The molecule has 1 aromatic carbocycles. The Balaban J connectivity index is 2.46. The second-order valence-corrected chi connectivity index (χ2v) is 6.46. The molecule has 1 heterocycles. The van der Waals surface area contributed by atoms with Crippen LogP contribution in [0.15, 0.2) is 29.3 Å². The molecule has 3 N–H and O–H groups in total. The van der Waals surface area contributed by atoms with Crippen molar-refractivity contribution >= 4 is 56.5 Å². The molecule has 0 amide bonds. The maximum atomic E-state index is 12.2. The zero-order chi connectivity index (χ0) is 14.9. The Labute approximate surface area is 129 Å². The summed E-state index contributed by atoms with van der Waals surface area (Å²) in [7, 11) is -4.06. The van der Waals surface area contributed by atoms with Gasteiger partial charge in [-0.25, -0.2) is 23.1 Å². The summed E-state index contributed by atoms with van der Waals surface area (Å²) in [6.07, 6.45) is 1.31. The molecule has 0 fully saturated rings. The lowest BCUT2D eigenvalue weighted by Gasteiger charge is -2.11. The number of hydrogen-bond acceptors (Lipinski definition) is 5. The van der Waals surface area contributed by atoms with Gasteiger partial charge in [0.25, 0.3) is 10.0 Å². The summed E-state index contributed by atoms with van der Waals surface area (Å²) in [5.41, 5.74) is 5.55. The van der Waals surface area contributed by atoms with Crippen LogP contribution in [0.4, 0.5) is 11.6 Å². The first-order valence-corrected chi connectivity index (χ1v) is 7.67. The van der Waals surface area contributed by atoms with E-state index in [9.17, 15) is 8.42 Å². The Bertz CT molecular complexity index is 744. The van der Waals surface area contributed by atoms with Crippen molar-refractivity contribution < 1.29 is 8.42 Å². The molecule has 2 aromatic rings. The van der Waals surface area contributed by atoms with Gasteiger partial charge in [0.2, 0.25) is 5.95 Å². The van der Waals surface area contributed by atoms with Crippen LogP contribution in [0.2, 0.25) is 15.2 Å². The SMILES string of the molecule is Nc1cc(Cl)cc(Cl)c1S(=O)(=O)Nc1nccc(Cl)n1. The zero-order valence-corrected chi connectivity index (χ0v) is 12.7. The third-order valence-electron chi connectivity index (χ3n) is 2.15. The van der Waals surface area contributed by atoms with Crippen LogP contribution in [0.1, 0.15) is 0 Å². The molecule has 106 valence electrons. The number of nitrogen functional groups attached to an aromatic ring is 1. The van der Waals surface area contributed by atoms with E-state index < -0.39 is 10.0 Å². The van der Waals surface area contributed by atoms with Gasteiger partial charge in [-0.1, -0.05) is 34.8 Å². The molecule has 0 spiro atoms. The van der Waals surface area contributed by atoms with E-state index in [4.69, 9.17) is 40.5 Å². The first-order chi connectivity index (χ1) is 9.29. The fourth-order valence-corrected chi connectivity index (χ4v) is 3.50.